The number of nitro benzene ring substituents is 1. The summed E-state index contributed by atoms with van der Waals surface area (Å²) in [6.45, 7) is 2.10. The molecule has 2 aliphatic rings. The quantitative estimate of drug-likeness (QED) is 0.330. The van der Waals surface area contributed by atoms with Crippen molar-refractivity contribution in [2.24, 2.45) is 4.99 Å². The standard InChI is InChI=1S/C17H14IN3O2/c1-10-19-15(11-2-6-13(18)7-3-11)17-16(20(10)17)12-4-8-14(9-5-12)21(22)23/h2-10,16-17H,1H3/t10-,16+,17+,20?/m1/s1. The van der Waals surface area contributed by atoms with Crippen LogP contribution >= 0.6 is 22.6 Å². The lowest BCUT2D eigenvalue weighted by molar-refractivity contribution is -0.384. The van der Waals surface area contributed by atoms with Crippen LogP contribution in [0.3, 0.4) is 0 Å². The number of non-ortho nitro benzene ring substituents is 1. The highest BCUT2D eigenvalue weighted by Crippen LogP contribution is 2.50. The zero-order valence-corrected chi connectivity index (χ0v) is 14.5. The van der Waals surface area contributed by atoms with Crippen molar-refractivity contribution < 1.29 is 4.92 Å². The maximum absolute atomic E-state index is 10.8. The fourth-order valence-electron chi connectivity index (χ4n) is 3.36. The molecule has 2 aromatic rings. The number of rotatable bonds is 3. The smallest absolute Gasteiger partial charge is 0.269 e. The Balaban J connectivity index is 1.61. The van der Waals surface area contributed by atoms with Gasteiger partial charge in [0.2, 0.25) is 0 Å². The highest BCUT2D eigenvalue weighted by molar-refractivity contribution is 14.1. The van der Waals surface area contributed by atoms with Gasteiger partial charge >= 0.3 is 0 Å². The second-order valence-corrected chi connectivity index (χ2v) is 7.08. The van der Waals surface area contributed by atoms with E-state index in [2.05, 4.69) is 58.7 Å². The predicted molar refractivity (Wildman–Crippen MR) is 96.6 cm³/mol. The zero-order valence-electron chi connectivity index (χ0n) is 12.4. The Kier molecular flexibility index (Phi) is 3.46. The third kappa shape index (κ3) is 2.46. The van der Waals surface area contributed by atoms with E-state index < -0.39 is 0 Å². The predicted octanol–water partition coefficient (Wildman–Crippen LogP) is 3.77. The molecule has 0 radical (unpaired) electrons. The lowest BCUT2D eigenvalue weighted by Gasteiger charge is -2.09. The molecular weight excluding hydrogens is 405 g/mol. The minimum atomic E-state index is -0.362. The Bertz CT molecular complexity index is 802. The highest BCUT2D eigenvalue weighted by atomic mass is 127. The summed E-state index contributed by atoms with van der Waals surface area (Å²) in [5.41, 5.74) is 3.53. The molecule has 0 N–H and O–H groups in total. The van der Waals surface area contributed by atoms with Crippen LogP contribution in [0.4, 0.5) is 5.69 Å². The van der Waals surface area contributed by atoms with E-state index in [1.54, 1.807) is 12.1 Å². The molecule has 4 rings (SSSR count). The van der Waals surface area contributed by atoms with Crippen LogP contribution in [0.2, 0.25) is 0 Å². The molecule has 2 aromatic carbocycles. The second-order valence-electron chi connectivity index (χ2n) is 5.84. The molecule has 116 valence electrons. The average Bonchev–Trinajstić information content (AvgIpc) is 3.20. The Morgan fingerprint density at radius 3 is 2.35 bits per heavy atom. The average molecular weight is 419 g/mol. The number of hydrogen-bond donors (Lipinski definition) is 0. The van der Waals surface area contributed by atoms with Gasteiger partial charge in [0.15, 0.2) is 0 Å². The van der Waals surface area contributed by atoms with E-state index in [9.17, 15) is 10.1 Å². The molecule has 4 atom stereocenters. The van der Waals surface area contributed by atoms with Gasteiger partial charge in [-0.1, -0.05) is 24.3 Å². The van der Waals surface area contributed by atoms with Crippen molar-refractivity contribution in [3.8, 4) is 0 Å². The molecule has 0 spiro atoms. The van der Waals surface area contributed by atoms with E-state index in [4.69, 9.17) is 4.99 Å². The van der Waals surface area contributed by atoms with Gasteiger partial charge in [0, 0.05) is 15.7 Å². The molecule has 2 aliphatic heterocycles. The van der Waals surface area contributed by atoms with Gasteiger partial charge in [-0.25, -0.2) is 0 Å². The van der Waals surface area contributed by atoms with Gasteiger partial charge in [-0.05, 0) is 52.8 Å². The van der Waals surface area contributed by atoms with Gasteiger partial charge < -0.3 is 0 Å². The third-order valence-corrected chi connectivity index (χ3v) is 5.19. The maximum atomic E-state index is 10.8. The van der Waals surface area contributed by atoms with E-state index in [-0.39, 0.29) is 28.9 Å². The van der Waals surface area contributed by atoms with Crippen molar-refractivity contribution >= 4 is 34.0 Å². The Labute approximate surface area is 147 Å². The first-order chi connectivity index (χ1) is 11.1. The molecular formula is C17H14IN3O2. The summed E-state index contributed by atoms with van der Waals surface area (Å²) < 4.78 is 1.21. The number of halogens is 1. The van der Waals surface area contributed by atoms with Crippen LogP contribution in [-0.2, 0) is 0 Å². The molecule has 6 heteroatoms. The van der Waals surface area contributed by atoms with E-state index in [0.717, 1.165) is 16.8 Å². The van der Waals surface area contributed by atoms with Crippen molar-refractivity contribution in [2.75, 3.05) is 0 Å². The second kappa shape index (κ2) is 5.38. The van der Waals surface area contributed by atoms with Crippen LogP contribution in [0.5, 0.6) is 0 Å². The fourth-order valence-corrected chi connectivity index (χ4v) is 3.72. The topological polar surface area (TPSA) is 58.5 Å². The molecule has 0 amide bonds. The van der Waals surface area contributed by atoms with E-state index >= 15 is 0 Å². The molecule has 1 saturated heterocycles. The molecule has 1 unspecified atom stereocenters. The first-order valence-corrected chi connectivity index (χ1v) is 8.49. The summed E-state index contributed by atoms with van der Waals surface area (Å²) in [5.74, 6) is 0. The normalized spacial score (nSPS) is 28.2. The summed E-state index contributed by atoms with van der Waals surface area (Å²) in [6.07, 6.45) is 0.148. The molecule has 0 aliphatic carbocycles. The van der Waals surface area contributed by atoms with Gasteiger partial charge in [-0.3, -0.25) is 20.0 Å². The monoisotopic (exact) mass is 419 g/mol. The SMILES string of the molecule is C[C@@H]1N=C(c2ccc(I)cc2)[C@H]2[C@H](c3ccc([N+](=O)[O-])cc3)N12. The maximum Gasteiger partial charge on any atom is 0.269 e. The minimum absolute atomic E-state index is 0.133. The van der Waals surface area contributed by atoms with Gasteiger partial charge in [0.25, 0.3) is 5.69 Å². The number of nitro groups is 1. The molecule has 2 heterocycles. The Morgan fingerprint density at radius 1 is 1.09 bits per heavy atom. The summed E-state index contributed by atoms with van der Waals surface area (Å²) in [7, 11) is 0. The molecule has 0 bridgehead atoms. The van der Waals surface area contributed by atoms with Crippen molar-refractivity contribution in [1.82, 2.24) is 4.90 Å². The van der Waals surface area contributed by atoms with Gasteiger partial charge in [0.1, 0.15) is 6.17 Å². The molecule has 5 nitrogen and oxygen atoms in total. The van der Waals surface area contributed by atoms with Crippen molar-refractivity contribution in [2.45, 2.75) is 25.2 Å². The Morgan fingerprint density at radius 2 is 1.74 bits per heavy atom. The summed E-state index contributed by atoms with van der Waals surface area (Å²) in [6, 6.07) is 15.9. The first-order valence-electron chi connectivity index (χ1n) is 7.41. The lowest BCUT2D eigenvalue weighted by atomic mass is 10.0. The summed E-state index contributed by atoms with van der Waals surface area (Å²) in [4.78, 5) is 17.5. The largest absolute Gasteiger partial charge is 0.269 e. The molecule has 0 aromatic heterocycles. The molecule has 23 heavy (non-hydrogen) atoms. The number of aliphatic imine (C=N–C) groups is 1. The van der Waals surface area contributed by atoms with Crippen LogP contribution < -0.4 is 0 Å². The number of hydrogen-bond acceptors (Lipinski definition) is 4. The molecule has 1 fully saturated rings. The van der Waals surface area contributed by atoms with Crippen LogP contribution in [0, 0.1) is 13.7 Å². The van der Waals surface area contributed by atoms with E-state index in [0.29, 0.717) is 0 Å². The van der Waals surface area contributed by atoms with Gasteiger partial charge in [-0.15, -0.1) is 0 Å². The van der Waals surface area contributed by atoms with E-state index in [1.807, 2.05) is 12.1 Å². The number of fused-ring (bicyclic) bond motifs is 1. The Hall–Kier alpha value is -1.80. The van der Waals surface area contributed by atoms with Crippen LogP contribution in [-0.4, -0.2) is 27.7 Å². The van der Waals surface area contributed by atoms with Crippen molar-refractivity contribution in [3.05, 3.63) is 73.3 Å². The van der Waals surface area contributed by atoms with Crippen LogP contribution in [0.15, 0.2) is 53.5 Å². The first kappa shape index (κ1) is 14.8. The van der Waals surface area contributed by atoms with Gasteiger partial charge in [-0.2, -0.15) is 0 Å². The lowest BCUT2D eigenvalue weighted by Crippen LogP contribution is -2.09. The summed E-state index contributed by atoms with van der Waals surface area (Å²) in [5, 5.41) is 10.8. The minimum Gasteiger partial charge on any atom is -0.269 e. The zero-order chi connectivity index (χ0) is 16.1. The third-order valence-electron chi connectivity index (χ3n) is 4.47. The highest BCUT2D eigenvalue weighted by Gasteiger charge is 2.57. The number of nitrogens with zero attached hydrogens (tertiary/aromatic N) is 3. The summed E-state index contributed by atoms with van der Waals surface area (Å²) >= 11 is 2.30. The van der Waals surface area contributed by atoms with Crippen molar-refractivity contribution in [3.63, 3.8) is 0 Å². The van der Waals surface area contributed by atoms with Crippen LogP contribution in [0.1, 0.15) is 24.1 Å². The fraction of sp³-hybridized carbons (Fsp3) is 0.235. The van der Waals surface area contributed by atoms with E-state index in [1.165, 1.54) is 3.57 Å². The van der Waals surface area contributed by atoms with Gasteiger partial charge in [0.05, 0.1) is 22.7 Å². The van der Waals surface area contributed by atoms with Crippen LogP contribution in [0.25, 0.3) is 0 Å². The number of benzene rings is 2. The van der Waals surface area contributed by atoms with Crippen molar-refractivity contribution in [1.29, 1.82) is 0 Å². The molecule has 0 saturated carbocycles.